The number of rotatable bonds is 6. The molecular weight excluding hydrogens is 358 g/mol. The molecule has 0 saturated carbocycles. The molecule has 26 heavy (non-hydrogen) atoms. The lowest BCUT2D eigenvalue weighted by Gasteiger charge is -2.35. The van der Waals surface area contributed by atoms with Crippen LogP contribution >= 0.6 is 0 Å². The van der Waals surface area contributed by atoms with Crippen LogP contribution in [0.3, 0.4) is 0 Å². The average molecular weight is 383 g/mol. The van der Waals surface area contributed by atoms with Gasteiger partial charge in [-0.1, -0.05) is 6.92 Å². The molecule has 1 heterocycles. The minimum Gasteiger partial charge on any atom is -0.465 e. The Labute approximate surface area is 154 Å². The van der Waals surface area contributed by atoms with Crippen LogP contribution in [0.15, 0.2) is 24.3 Å². The minimum atomic E-state index is -3.65. The predicted octanol–water partition coefficient (Wildman–Crippen LogP) is 0.403. The number of carbonyl (C=O) groups excluding carboxylic acids is 2. The molecule has 0 N–H and O–H groups in total. The molecule has 1 saturated heterocycles. The van der Waals surface area contributed by atoms with Gasteiger partial charge in [0.05, 0.1) is 24.6 Å². The smallest absolute Gasteiger partial charge is 0.337 e. The number of hydrogen-bond acceptors (Lipinski definition) is 6. The second-order valence-corrected chi connectivity index (χ2v) is 8.03. The Balaban J connectivity index is 2.13. The van der Waals surface area contributed by atoms with Gasteiger partial charge in [-0.05, 0) is 30.8 Å². The number of likely N-dealkylation sites (N-methyl/N-ethyl adjacent to an activating group) is 1. The molecule has 1 aromatic carbocycles. The lowest BCUT2D eigenvalue weighted by Crippen LogP contribution is -2.51. The van der Waals surface area contributed by atoms with Crippen molar-refractivity contribution in [2.24, 2.45) is 0 Å². The summed E-state index contributed by atoms with van der Waals surface area (Å²) in [6, 6.07) is 5.94. The van der Waals surface area contributed by atoms with Gasteiger partial charge in [-0.3, -0.25) is 9.10 Å². The number of nitrogens with zero attached hydrogens (tertiary/aromatic N) is 3. The van der Waals surface area contributed by atoms with Gasteiger partial charge in [-0.15, -0.1) is 0 Å². The number of anilines is 1. The Morgan fingerprint density at radius 3 is 2.15 bits per heavy atom. The molecule has 1 fully saturated rings. The maximum atomic E-state index is 12.6. The van der Waals surface area contributed by atoms with E-state index in [2.05, 4.69) is 16.6 Å². The molecule has 0 atom stereocenters. The minimum absolute atomic E-state index is 0.233. The summed E-state index contributed by atoms with van der Waals surface area (Å²) in [4.78, 5) is 28.0. The number of amides is 1. The number of esters is 1. The van der Waals surface area contributed by atoms with Gasteiger partial charge in [-0.25, -0.2) is 13.2 Å². The Bertz CT molecular complexity index is 740. The lowest BCUT2D eigenvalue weighted by molar-refractivity contribution is -0.131. The van der Waals surface area contributed by atoms with Crippen molar-refractivity contribution in [3.05, 3.63) is 29.8 Å². The molecule has 1 aliphatic heterocycles. The first kappa shape index (κ1) is 20.2. The third-order valence-corrected chi connectivity index (χ3v) is 5.57. The topological polar surface area (TPSA) is 87.2 Å². The van der Waals surface area contributed by atoms with E-state index in [0.29, 0.717) is 24.3 Å². The summed E-state index contributed by atoms with van der Waals surface area (Å²) in [5, 5.41) is 0. The van der Waals surface area contributed by atoms with Gasteiger partial charge in [0.2, 0.25) is 15.9 Å². The van der Waals surface area contributed by atoms with E-state index < -0.39 is 16.0 Å². The number of carbonyl (C=O) groups is 2. The Hall–Kier alpha value is -2.13. The van der Waals surface area contributed by atoms with Crippen LogP contribution in [0.5, 0.6) is 0 Å². The zero-order chi connectivity index (χ0) is 19.3. The number of methoxy groups -OCH3 is 1. The Morgan fingerprint density at radius 1 is 1.12 bits per heavy atom. The van der Waals surface area contributed by atoms with Crippen LogP contribution in [0, 0.1) is 0 Å². The van der Waals surface area contributed by atoms with Gasteiger partial charge in [-0.2, -0.15) is 0 Å². The zero-order valence-corrected chi connectivity index (χ0v) is 16.2. The largest absolute Gasteiger partial charge is 0.465 e. The van der Waals surface area contributed by atoms with Crippen molar-refractivity contribution >= 4 is 27.6 Å². The van der Waals surface area contributed by atoms with Crippen LogP contribution in [0.25, 0.3) is 0 Å². The summed E-state index contributed by atoms with van der Waals surface area (Å²) in [5.41, 5.74) is 0.646. The van der Waals surface area contributed by atoms with Gasteiger partial charge in [0.1, 0.15) is 6.54 Å². The van der Waals surface area contributed by atoms with Crippen molar-refractivity contribution in [2.75, 3.05) is 56.9 Å². The molecule has 0 unspecified atom stereocenters. The highest BCUT2D eigenvalue weighted by Gasteiger charge is 2.26. The normalized spacial score (nSPS) is 15.6. The lowest BCUT2D eigenvalue weighted by atomic mass is 10.2. The first-order valence-electron chi connectivity index (χ1n) is 8.42. The molecule has 1 aliphatic rings. The standard InChI is InChI=1S/C17H25N3O5S/c1-4-18-9-11-19(12-10-18)16(21)13-20(26(3,23)24)15-7-5-14(6-8-15)17(22)25-2/h5-8H,4,9-13H2,1-3H3. The van der Waals surface area contributed by atoms with Crippen LogP contribution in [-0.2, 0) is 19.6 Å². The first-order chi connectivity index (χ1) is 12.3. The summed E-state index contributed by atoms with van der Waals surface area (Å²) in [6.45, 7) is 5.49. The highest BCUT2D eigenvalue weighted by atomic mass is 32.2. The van der Waals surface area contributed by atoms with Crippen molar-refractivity contribution in [2.45, 2.75) is 6.92 Å². The van der Waals surface area contributed by atoms with E-state index >= 15 is 0 Å². The SMILES string of the molecule is CCN1CCN(C(=O)CN(c2ccc(C(=O)OC)cc2)S(C)(=O)=O)CC1. The molecule has 0 spiro atoms. The molecule has 1 aromatic rings. The van der Waals surface area contributed by atoms with Crippen molar-refractivity contribution in [3.8, 4) is 0 Å². The molecule has 0 aromatic heterocycles. The van der Waals surface area contributed by atoms with Crippen LogP contribution < -0.4 is 4.31 Å². The third-order valence-electron chi connectivity index (χ3n) is 4.43. The fourth-order valence-electron chi connectivity index (χ4n) is 2.82. The Kier molecular flexibility index (Phi) is 6.60. The summed E-state index contributed by atoms with van der Waals surface area (Å²) in [7, 11) is -2.37. The molecule has 0 aliphatic carbocycles. The van der Waals surface area contributed by atoms with Crippen molar-refractivity contribution in [3.63, 3.8) is 0 Å². The van der Waals surface area contributed by atoms with Gasteiger partial charge in [0.15, 0.2) is 0 Å². The van der Waals surface area contributed by atoms with Gasteiger partial charge in [0.25, 0.3) is 0 Å². The summed E-state index contributed by atoms with van der Waals surface area (Å²) in [5.74, 6) is -0.740. The van der Waals surface area contributed by atoms with E-state index in [0.717, 1.165) is 30.2 Å². The average Bonchev–Trinajstić information content (AvgIpc) is 2.64. The maximum Gasteiger partial charge on any atom is 0.337 e. The summed E-state index contributed by atoms with van der Waals surface area (Å²) < 4.78 is 30.0. The molecule has 8 nitrogen and oxygen atoms in total. The first-order valence-corrected chi connectivity index (χ1v) is 10.3. The number of piperazine rings is 1. The number of hydrogen-bond donors (Lipinski definition) is 0. The third kappa shape index (κ3) is 4.95. The second-order valence-electron chi connectivity index (χ2n) is 6.12. The highest BCUT2D eigenvalue weighted by Crippen LogP contribution is 2.19. The molecular formula is C17H25N3O5S. The number of sulfonamides is 1. The molecule has 9 heteroatoms. The second kappa shape index (κ2) is 8.50. The van der Waals surface area contributed by atoms with Crippen LogP contribution in [-0.4, -0.2) is 82.7 Å². The summed E-state index contributed by atoms with van der Waals surface area (Å²) >= 11 is 0. The number of ether oxygens (including phenoxy) is 1. The van der Waals surface area contributed by atoms with E-state index in [1.54, 1.807) is 4.90 Å². The summed E-state index contributed by atoms with van der Waals surface area (Å²) in [6.07, 6.45) is 1.06. The molecule has 2 rings (SSSR count). The zero-order valence-electron chi connectivity index (χ0n) is 15.3. The molecule has 1 amide bonds. The van der Waals surface area contributed by atoms with Crippen LogP contribution in [0.1, 0.15) is 17.3 Å². The molecule has 144 valence electrons. The Morgan fingerprint density at radius 2 is 1.69 bits per heavy atom. The van der Waals surface area contributed by atoms with Crippen molar-refractivity contribution in [1.82, 2.24) is 9.80 Å². The van der Waals surface area contributed by atoms with E-state index in [1.165, 1.54) is 31.4 Å². The fraction of sp³-hybridized carbons (Fsp3) is 0.529. The van der Waals surface area contributed by atoms with Gasteiger partial charge in [0, 0.05) is 26.2 Å². The van der Waals surface area contributed by atoms with Crippen LogP contribution in [0.2, 0.25) is 0 Å². The van der Waals surface area contributed by atoms with E-state index in [1.807, 2.05) is 0 Å². The van der Waals surface area contributed by atoms with E-state index in [-0.39, 0.29) is 12.5 Å². The molecule has 0 radical (unpaired) electrons. The van der Waals surface area contributed by atoms with Gasteiger partial charge < -0.3 is 14.5 Å². The predicted molar refractivity (Wildman–Crippen MR) is 98.7 cm³/mol. The number of benzene rings is 1. The highest BCUT2D eigenvalue weighted by molar-refractivity contribution is 7.92. The van der Waals surface area contributed by atoms with E-state index in [9.17, 15) is 18.0 Å². The fourth-order valence-corrected chi connectivity index (χ4v) is 3.67. The maximum absolute atomic E-state index is 12.6. The van der Waals surface area contributed by atoms with Crippen molar-refractivity contribution < 1.29 is 22.7 Å². The van der Waals surface area contributed by atoms with Crippen molar-refractivity contribution in [1.29, 1.82) is 0 Å². The monoisotopic (exact) mass is 383 g/mol. The van der Waals surface area contributed by atoms with Gasteiger partial charge >= 0.3 is 5.97 Å². The quantitative estimate of drug-likeness (QED) is 0.661. The van der Waals surface area contributed by atoms with Crippen LogP contribution in [0.4, 0.5) is 5.69 Å². The van der Waals surface area contributed by atoms with E-state index in [4.69, 9.17) is 0 Å². The molecule has 0 bridgehead atoms.